The summed E-state index contributed by atoms with van der Waals surface area (Å²) in [6.45, 7) is 1.12. The summed E-state index contributed by atoms with van der Waals surface area (Å²) < 4.78 is 11.2. The smallest absolute Gasteiger partial charge is 0.243 e. The van der Waals surface area contributed by atoms with Gasteiger partial charge in [0.25, 0.3) is 0 Å². The van der Waals surface area contributed by atoms with Gasteiger partial charge >= 0.3 is 0 Å². The largest absolute Gasteiger partial charge is 0.486 e. The highest BCUT2D eigenvalue weighted by molar-refractivity contribution is 7.99. The van der Waals surface area contributed by atoms with Crippen molar-refractivity contribution in [2.24, 2.45) is 0 Å². The molecule has 1 atom stereocenters. The van der Waals surface area contributed by atoms with Gasteiger partial charge in [0.2, 0.25) is 5.91 Å². The van der Waals surface area contributed by atoms with E-state index in [1.54, 1.807) is 17.8 Å². The number of pyridine rings is 1. The van der Waals surface area contributed by atoms with Gasteiger partial charge in [0.05, 0.1) is 11.7 Å². The zero-order chi connectivity index (χ0) is 16.4. The van der Waals surface area contributed by atoms with Gasteiger partial charge in [-0.25, -0.2) is 4.98 Å². The lowest BCUT2D eigenvalue weighted by atomic mass is 10.1. The van der Waals surface area contributed by atoms with E-state index in [9.17, 15) is 4.79 Å². The lowest BCUT2D eigenvalue weighted by molar-refractivity contribution is -0.117. The molecule has 6 nitrogen and oxygen atoms in total. The highest BCUT2D eigenvalue weighted by Crippen LogP contribution is 2.34. The van der Waals surface area contributed by atoms with Crippen LogP contribution in [-0.2, 0) is 4.79 Å². The molecule has 0 radical (unpaired) electrons. The van der Waals surface area contributed by atoms with E-state index in [4.69, 9.17) is 9.47 Å². The Kier molecular flexibility index (Phi) is 7.40. The van der Waals surface area contributed by atoms with E-state index < -0.39 is 0 Å². The number of rotatable bonds is 3. The summed E-state index contributed by atoms with van der Waals surface area (Å²) in [7, 11) is 0. The first-order valence-electron chi connectivity index (χ1n) is 7.79. The second-order valence-corrected chi connectivity index (χ2v) is 6.56. The second kappa shape index (κ2) is 9.32. The van der Waals surface area contributed by atoms with Gasteiger partial charge < -0.3 is 14.8 Å². The number of carbonyl (C=O) groups is 1. The van der Waals surface area contributed by atoms with Crippen LogP contribution in [0.4, 0.5) is 5.82 Å². The number of hydrogen-bond donors (Lipinski definition) is 2. The predicted molar refractivity (Wildman–Crippen MR) is 108 cm³/mol. The maximum absolute atomic E-state index is 12.2. The number of fused-ring (bicyclic) bond motifs is 1. The van der Waals surface area contributed by atoms with Crippen molar-refractivity contribution in [1.82, 2.24) is 10.3 Å². The highest BCUT2D eigenvalue weighted by atomic mass is 35.5. The second-order valence-electron chi connectivity index (χ2n) is 5.53. The van der Waals surface area contributed by atoms with Gasteiger partial charge in [-0.2, -0.15) is 0 Å². The molecule has 1 unspecified atom stereocenters. The quantitative estimate of drug-likeness (QED) is 0.802. The third-order valence-electron chi connectivity index (χ3n) is 3.87. The summed E-state index contributed by atoms with van der Waals surface area (Å²) in [6.07, 6.45) is 0. The van der Waals surface area contributed by atoms with Crippen LogP contribution in [0.3, 0.4) is 0 Å². The van der Waals surface area contributed by atoms with E-state index in [0.717, 1.165) is 34.4 Å². The molecular weight excluding hydrogens is 397 g/mol. The number of halogens is 2. The van der Waals surface area contributed by atoms with E-state index in [-0.39, 0.29) is 36.8 Å². The topological polar surface area (TPSA) is 72.5 Å². The normalized spacial score (nSPS) is 17.6. The predicted octanol–water partition coefficient (Wildman–Crippen LogP) is 2.96. The minimum atomic E-state index is -0.158. The minimum Gasteiger partial charge on any atom is -0.486 e. The maximum atomic E-state index is 12.2. The summed E-state index contributed by atoms with van der Waals surface area (Å²) in [5, 5.41) is 6.02. The number of carbonyl (C=O) groups excluding carboxylic acids is 1. The average molecular weight is 416 g/mol. The Labute approximate surface area is 168 Å². The molecule has 9 heteroatoms. The summed E-state index contributed by atoms with van der Waals surface area (Å²) in [4.78, 5) is 16.7. The van der Waals surface area contributed by atoms with Crippen molar-refractivity contribution in [3.8, 4) is 22.8 Å². The Hall–Kier alpha value is -1.67. The van der Waals surface area contributed by atoms with Gasteiger partial charge in [-0.05, 0) is 30.3 Å². The zero-order valence-corrected chi connectivity index (χ0v) is 16.2. The van der Waals surface area contributed by atoms with E-state index in [2.05, 4.69) is 15.6 Å². The third-order valence-corrected chi connectivity index (χ3v) is 4.81. The van der Waals surface area contributed by atoms with Gasteiger partial charge in [0, 0.05) is 17.2 Å². The molecule has 4 rings (SSSR count). The number of amides is 1. The number of nitrogens with zero attached hydrogens (tertiary/aromatic N) is 1. The monoisotopic (exact) mass is 415 g/mol. The van der Waals surface area contributed by atoms with Crippen molar-refractivity contribution >= 4 is 48.3 Å². The van der Waals surface area contributed by atoms with Crippen LogP contribution in [0.5, 0.6) is 11.5 Å². The first-order chi connectivity index (χ1) is 11.8. The summed E-state index contributed by atoms with van der Waals surface area (Å²) in [5.74, 6) is 3.57. The van der Waals surface area contributed by atoms with E-state index in [1.807, 2.05) is 30.3 Å². The number of aromatic nitrogens is 1. The Balaban J connectivity index is 0.00000121. The lowest BCUT2D eigenvalue weighted by Gasteiger charge is -2.18. The number of hydrogen-bond acceptors (Lipinski definition) is 6. The fourth-order valence-electron chi connectivity index (χ4n) is 2.64. The molecule has 26 heavy (non-hydrogen) atoms. The van der Waals surface area contributed by atoms with Gasteiger partial charge in [-0.1, -0.05) is 6.07 Å². The molecule has 2 aliphatic heterocycles. The minimum absolute atomic E-state index is 0. The van der Waals surface area contributed by atoms with Gasteiger partial charge in [-0.3, -0.25) is 10.1 Å². The zero-order valence-electron chi connectivity index (χ0n) is 13.8. The van der Waals surface area contributed by atoms with Crippen molar-refractivity contribution in [3.63, 3.8) is 0 Å². The molecule has 0 bridgehead atoms. The lowest BCUT2D eigenvalue weighted by Crippen LogP contribution is -2.37. The number of ether oxygens (including phenoxy) is 2. The molecule has 140 valence electrons. The summed E-state index contributed by atoms with van der Waals surface area (Å²) in [5.41, 5.74) is 1.70. The molecular formula is C17H19Cl2N3O3S. The van der Waals surface area contributed by atoms with Crippen LogP contribution in [0, 0.1) is 0 Å². The van der Waals surface area contributed by atoms with Crippen LogP contribution in [0.1, 0.15) is 0 Å². The van der Waals surface area contributed by atoms with Crippen LogP contribution >= 0.6 is 36.6 Å². The molecule has 0 spiro atoms. The summed E-state index contributed by atoms with van der Waals surface area (Å²) >= 11 is 1.72. The number of thioether (sulfide) groups is 1. The first-order valence-corrected chi connectivity index (χ1v) is 8.94. The van der Waals surface area contributed by atoms with Crippen LogP contribution < -0.4 is 20.1 Å². The Morgan fingerprint density at radius 3 is 2.73 bits per heavy atom. The van der Waals surface area contributed by atoms with Gasteiger partial charge in [-0.15, -0.1) is 36.6 Å². The SMILES string of the molecule is Cl.Cl.O=C(Nc1cccc(-c2ccc3c(c2)OCCO3)n1)C1CSCN1. The molecule has 1 fully saturated rings. The Morgan fingerprint density at radius 2 is 1.96 bits per heavy atom. The Bertz CT molecular complexity index is 773. The van der Waals surface area contributed by atoms with Crippen molar-refractivity contribution in [3.05, 3.63) is 36.4 Å². The van der Waals surface area contributed by atoms with E-state index in [0.29, 0.717) is 19.0 Å². The fourth-order valence-corrected chi connectivity index (χ4v) is 3.59. The van der Waals surface area contributed by atoms with Crippen molar-refractivity contribution < 1.29 is 14.3 Å². The van der Waals surface area contributed by atoms with Crippen molar-refractivity contribution in [2.45, 2.75) is 6.04 Å². The number of nitrogens with one attached hydrogen (secondary N) is 2. The molecule has 0 aliphatic carbocycles. The van der Waals surface area contributed by atoms with Crippen molar-refractivity contribution in [1.29, 1.82) is 0 Å². The van der Waals surface area contributed by atoms with Crippen LogP contribution in [0.15, 0.2) is 36.4 Å². The number of benzene rings is 1. The molecule has 0 saturated carbocycles. The maximum Gasteiger partial charge on any atom is 0.243 e. The molecule has 1 saturated heterocycles. The molecule has 1 aromatic heterocycles. The Morgan fingerprint density at radius 1 is 1.15 bits per heavy atom. The average Bonchev–Trinajstić information content (AvgIpc) is 3.16. The van der Waals surface area contributed by atoms with Crippen molar-refractivity contribution in [2.75, 3.05) is 30.2 Å². The van der Waals surface area contributed by atoms with Gasteiger partial charge in [0.1, 0.15) is 19.0 Å². The molecule has 3 heterocycles. The highest BCUT2D eigenvalue weighted by Gasteiger charge is 2.22. The molecule has 2 aromatic rings. The standard InChI is InChI=1S/C17H17N3O3S.2ClH/c21-17(13-9-24-10-18-13)20-16-3-1-2-12(19-16)11-4-5-14-15(8-11)23-7-6-22-14;;/h1-5,8,13,18H,6-7,9-10H2,(H,19,20,21);2*1H. The third kappa shape index (κ3) is 4.54. The van der Waals surface area contributed by atoms with E-state index in [1.165, 1.54) is 0 Å². The van der Waals surface area contributed by atoms with Crippen LogP contribution in [0.2, 0.25) is 0 Å². The van der Waals surface area contributed by atoms with Gasteiger partial charge in [0.15, 0.2) is 11.5 Å². The molecule has 1 aromatic carbocycles. The first kappa shape index (κ1) is 20.6. The van der Waals surface area contributed by atoms with Crippen LogP contribution in [0.25, 0.3) is 11.3 Å². The fraction of sp³-hybridized carbons (Fsp3) is 0.294. The van der Waals surface area contributed by atoms with Crippen LogP contribution in [-0.4, -0.2) is 41.8 Å². The molecule has 2 aliphatic rings. The summed E-state index contributed by atoms with van der Waals surface area (Å²) in [6, 6.07) is 11.2. The number of anilines is 1. The van der Waals surface area contributed by atoms with E-state index >= 15 is 0 Å². The molecule has 1 amide bonds. The molecule has 2 N–H and O–H groups in total.